The van der Waals surface area contributed by atoms with Gasteiger partial charge in [0.2, 0.25) is 0 Å². The number of hydrogen-bond donors (Lipinski definition) is 0. The summed E-state index contributed by atoms with van der Waals surface area (Å²) in [6, 6.07) is 0.599. The van der Waals surface area contributed by atoms with Crippen LogP contribution in [0.3, 0.4) is 0 Å². The largest absolute Gasteiger partial charge is 0.375 e. The lowest BCUT2D eigenvalue weighted by Gasteiger charge is -2.39. The summed E-state index contributed by atoms with van der Waals surface area (Å²) in [5.74, 6) is 0. The minimum Gasteiger partial charge on any atom is -0.375 e. The van der Waals surface area contributed by atoms with Gasteiger partial charge in [0.05, 0.1) is 12.7 Å². The molecule has 3 heteroatoms. The summed E-state index contributed by atoms with van der Waals surface area (Å²) in [5, 5.41) is 0. The number of likely N-dealkylation sites (N-methyl/N-ethyl adjacent to an activating group) is 2. The van der Waals surface area contributed by atoms with E-state index < -0.39 is 0 Å². The minimum atomic E-state index is 0.119. The molecule has 0 radical (unpaired) electrons. The van der Waals surface area contributed by atoms with Crippen molar-refractivity contribution in [2.75, 3.05) is 34.8 Å². The zero-order chi connectivity index (χ0) is 13.1. The Morgan fingerprint density at radius 1 is 1.06 bits per heavy atom. The van der Waals surface area contributed by atoms with Crippen molar-refractivity contribution in [3.8, 4) is 0 Å². The van der Waals surface area contributed by atoms with E-state index in [2.05, 4.69) is 51.8 Å². The van der Waals surface area contributed by atoms with Crippen LogP contribution in [0, 0.1) is 0 Å². The monoisotopic (exact) mass is 242 g/mol. The Hall–Kier alpha value is -0.120. The quantitative estimate of drug-likeness (QED) is 0.735. The second-order valence-corrected chi connectivity index (χ2v) is 6.37. The summed E-state index contributed by atoms with van der Waals surface area (Å²) < 4.78 is 6.20. The van der Waals surface area contributed by atoms with Gasteiger partial charge in [-0.25, -0.2) is 0 Å². The van der Waals surface area contributed by atoms with Gasteiger partial charge in [-0.3, -0.25) is 0 Å². The lowest BCUT2D eigenvalue weighted by molar-refractivity contribution is -0.0592. The van der Waals surface area contributed by atoms with E-state index in [-0.39, 0.29) is 5.54 Å². The van der Waals surface area contributed by atoms with E-state index in [0.717, 1.165) is 6.61 Å². The van der Waals surface area contributed by atoms with E-state index in [1.807, 2.05) is 0 Å². The third-order valence-electron chi connectivity index (χ3n) is 4.19. The standard InChI is InChI=1S/C14H30N2O/c1-14(2,16(5)6)11-17-13-10-8-7-9-12(13)15(3)4/h12-13H,7-11H2,1-6H3. The predicted octanol–water partition coefficient (Wildman–Crippen LogP) is 2.22. The molecule has 1 aliphatic rings. The molecule has 3 nitrogen and oxygen atoms in total. The van der Waals surface area contributed by atoms with Crippen LogP contribution in [0.2, 0.25) is 0 Å². The third-order valence-corrected chi connectivity index (χ3v) is 4.19. The Labute approximate surface area is 107 Å². The van der Waals surface area contributed by atoms with Crippen molar-refractivity contribution in [2.24, 2.45) is 0 Å². The van der Waals surface area contributed by atoms with Crippen molar-refractivity contribution >= 4 is 0 Å². The van der Waals surface area contributed by atoms with Crippen LogP contribution in [0.5, 0.6) is 0 Å². The van der Waals surface area contributed by atoms with Gasteiger partial charge in [-0.2, -0.15) is 0 Å². The Balaban J connectivity index is 2.48. The van der Waals surface area contributed by atoms with Crippen LogP contribution in [0.4, 0.5) is 0 Å². The van der Waals surface area contributed by atoms with E-state index in [1.54, 1.807) is 0 Å². The Kier molecular flexibility index (Phi) is 5.42. The molecular weight excluding hydrogens is 212 g/mol. The fourth-order valence-corrected chi connectivity index (χ4v) is 2.30. The molecule has 1 rings (SSSR count). The van der Waals surface area contributed by atoms with Crippen molar-refractivity contribution in [2.45, 2.75) is 57.2 Å². The van der Waals surface area contributed by atoms with Gasteiger partial charge < -0.3 is 14.5 Å². The molecule has 1 fully saturated rings. The summed E-state index contributed by atoms with van der Waals surface area (Å²) in [5.41, 5.74) is 0.119. The highest BCUT2D eigenvalue weighted by Gasteiger charge is 2.30. The highest BCUT2D eigenvalue weighted by atomic mass is 16.5. The second kappa shape index (κ2) is 6.17. The van der Waals surface area contributed by atoms with Gasteiger partial charge in [0.15, 0.2) is 0 Å². The lowest BCUT2D eigenvalue weighted by atomic mass is 9.91. The first kappa shape index (κ1) is 14.9. The highest BCUT2D eigenvalue weighted by Crippen LogP contribution is 2.25. The molecule has 102 valence electrons. The van der Waals surface area contributed by atoms with Gasteiger partial charge in [-0.05, 0) is 54.9 Å². The zero-order valence-electron chi connectivity index (χ0n) is 12.5. The summed E-state index contributed by atoms with van der Waals surface area (Å²) in [6.07, 6.45) is 5.57. The normalized spacial score (nSPS) is 26.8. The van der Waals surface area contributed by atoms with Gasteiger partial charge in [-0.15, -0.1) is 0 Å². The maximum absolute atomic E-state index is 6.20. The molecule has 1 saturated carbocycles. The molecule has 17 heavy (non-hydrogen) atoms. The molecule has 0 aromatic carbocycles. The molecule has 0 aromatic heterocycles. The predicted molar refractivity (Wildman–Crippen MR) is 73.4 cm³/mol. The average Bonchev–Trinajstić information content (AvgIpc) is 2.26. The molecule has 2 atom stereocenters. The summed E-state index contributed by atoms with van der Waals surface area (Å²) in [4.78, 5) is 4.56. The van der Waals surface area contributed by atoms with Crippen LogP contribution >= 0.6 is 0 Å². The SMILES string of the molecule is CN(C)C1CCCCC1OCC(C)(C)N(C)C. The Morgan fingerprint density at radius 3 is 2.18 bits per heavy atom. The molecule has 2 unspecified atom stereocenters. The smallest absolute Gasteiger partial charge is 0.0730 e. The van der Waals surface area contributed by atoms with Crippen molar-refractivity contribution in [1.82, 2.24) is 9.80 Å². The van der Waals surface area contributed by atoms with Gasteiger partial charge in [-0.1, -0.05) is 12.8 Å². The van der Waals surface area contributed by atoms with Gasteiger partial charge in [0.1, 0.15) is 0 Å². The van der Waals surface area contributed by atoms with Crippen molar-refractivity contribution in [3.05, 3.63) is 0 Å². The number of rotatable bonds is 5. The van der Waals surface area contributed by atoms with Crippen LogP contribution in [-0.4, -0.2) is 62.3 Å². The maximum atomic E-state index is 6.20. The topological polar surface area (TPSA) is 15.7 Å². The van der Waals surface area contributed by atoms with E-state index >= 15 is 0 Å². The first-order valence-corrected chi connectivity index (χ1v) is 6.80. The summed E-state index contributed by atoms with van der Waals surface area (Å²) >= 11 is 0. The number of hydrogen-bond acceptors (Lipinski definition) is 3. The van der Waals surface area contributed by atoms with Crippen LogP contribution in [-0.2, 0) is 4.74 Å². The molecule has 0 saturated heterocycles. The van der Waals surface area contributed by atoms with E-state index in [4.69, 9.17) is 4.74 Å². The molecule has 0 aliphatic heterocycles. The van der Waals surface area contributed by atoms with Crippen molar-refractivity contribution in [3.63, 3.8) is 0 Å². The molecule has 0 amide bonds. The number of ether oxygens (including phenoxy) is 1. The van der Waals surface area contributed by atoms with Crippen LogP contribution in [0.1, 0.15) is 39.5 Å². The van der Waals surface area contributed by atoms with Crippen molar-refractivity contribution < 1.29 is 4.74 Å². The van der Waals surface area contributed by atoms with Crippen LogP contribution in [0.25, 0.3) is 0 Å². The minimum absolute atomic E-state index is 0.119. The molecule has 1 aliphatic carbocycles. The second-order valence-electron chi connectivity index (χ2n) is 6.37. The Morgan fingerprint density at radius 2 is 1.65 bits per heavy atom. The fraction of sp³-hybridized carbons (Fsp3) is 1.00. The first-order valence-electron chi connectivity index (χ1n) is 6.80. The van der Waals surface area contributed by atoms with Crippen molar-refractivity contribution in [1.29, 1.82) is 0 Å². The molecular formula is C14H30N2O. The molecule has 0 N–H and O–H groups in total. The van der Waals surface area contributed by atoms with Gasteiger partial charge in [0, 0.05) is 11.6 Å². The molecule has 0 spiro atoms. The van der Waals surface area contributed by atoms with Crippen LogP contribution < -0.4 is 0 Å². The molecule has 0 heterocycles. The molecule has 0 bridgehead atoms. The highest BCUT2D eigenvalue weighted by molar-refractivity contribution is 4.84. The zero-order valence-corrected chi connectivity index (χ0v) is 12.5. The van der Waals surface area contributed by atoms with E-state index in [1.165, 1.54) is 25.7 Å². The van der Waals surface area contributed by atoms with Gasteiger partial charge >= 0.3 is 0 Å². The van der Waals surface area contributed by atoms with Gasteiger partial charge in [0.25, 0.3) is 0 Å². The summed E-state index contributed by atoms with van der Waals surface area (Å²) in [6.45, 7) is 5.29. The average molecular weight is 242 g/mol. The first-order chi connectivity index (χ1) is 7.84. The number of nitrogens with zero attached hydrogens (tertiary/aromatic N) is 2. The Bertz CT molecular complexity index is 226. The summed E-state index contributed by atoms with van der Waals surface area (Å²) in [7, 11) is 8.58. The van der Waals surface area contributed by atoms with Crippen LogP contribution in [0.15, 0.2) is 0 Å². The lowest BCUT2D eigenvalue weighted by Crippen LogP contribution is -2.48. The fourth-order valence-electron chi connectivity index (χ4n) is 2.30. The van der Waals surface area contributed by atoms with E-state index in [9.17, 15) is 0 Å². The maximum Gasteiger partial charge on any atom is 0.0730 e. The molecule has 0 aromatic rings. The third kappa shape index (κ3) is 4.23. The van der Waals surface area contributed by atoms with E-state index in [0.29, 0.717) is 12.1 Å².